The number of fused-ring (bicyclic) bond motifs is 4. The van der Waals surface area contributed by atoms with Gasteiger partial charge < -0.3 is 45.0 Å². The third kappa shape index (κ3) is 7.92. The minimum atomic E-state index is -1.21. The number of alkyl carbamates (subject to hydrolysis) is 1. The molecule has 0 radical (unpaired) electrons. The van der Waals surface area contributed by atoms with Crippen LogP contribution in [0.25, 0.3) is 55.0 Å². The quantitative estimate of drug-likeness (QED) is 0.0919. The lowest BCUT2D eigenvalue weighted by atomic mass is 9.90. The number of nitrogens with one attached hydrogen (secondary N) is 4. The highest BCUT2D eigenvalue weighted by molar-refractivity contribution is 6.06. The van der Waals surface area contributed by atoms with Gasteiger partial charge in [-0.05, 0) is 102 Å². The van der Waals surface area contributed by atoms with Gasteiger partial charge in [0.15, 0.2) is 0 Å². The zero-order valence-corrected chi connectivity index (χ0v) is 35.1. The van der Waals surface area contributed by atoms with E-state index in [0.29, 0.717) is 45.0 Å². The molecule has 0 aliphatic carbocycles. The van der Waals surface area contributed by atoms with Crippen LogP contribution in [0.15, 0.2) is 72.9 Å². The van der Waals surface area contributed by atoms with Crippen LogP contribution < -0.4 is 10.6 Å². The number of rotatable bonds is 10. The molecule has 6 aromatic rings. The summed E-state index contributed by atoms with van der Waals surface area (Å²) < 4.78 is 10.4. The van der Waals surface area contributed by atoms with Crippen molar-refractivity contribution in [3.63, 3.8) is 0 Å². The summed E-state index contributed by atoms with van der Waals surface area (Å²) in [5.74, 6) is 0.868. The van der Waals surface area contributed by atoms with Crippen LogP contribution in [0.4, 0.5) is 9.59 Å². The molecule has 0 saturated carbocycles. The number of amides is 4. The van der Waals surface area contributed by atoms with E-state index < -0.39 is 24.3 Å². The Morgan fingerprint density at radius 1 is 0.774 bits per heavy atom. The lowest BCUT2D eigenvalue weighted by Gasteiger charge is -2.34. The van der Waals surface area contributed by atoms with Crippen molar-refractivity contribution in [2.45, 2.75) is 76.5 Å². The molecule has 3 fully saturated rings. The van der Waals surface area contributed by atoms with Gasteiger partial charge in [0.2, 0.25) is 11.8 Å². The zero-order chi connectivity index (χ0) is 43.1. The number of aromatic nitrogens is 4. The van der Waals surface area contributed by atoms with Gasteiger partial charge in [-0.3, -0.25) is 9.59 Å². The molecular weight excluding hydrogens is 789 g/mol. The van der Waals surface area contributed by atoms with E-state index in [0.717, 1.165) is 86.5 Å². The molecule has 4 amide bonds. The number of hydrogen-bond donors (Lipinski definition) is 5. The van der Waals surface area contributed by atoms with E-state index in [1.54, 1.807) is 11.1 Å². The zero-order valence-electron chi connectivity index (χ0n) is 35.1. The summed E-state index contributed by atoms with van der Waals surface area (Å²) in [7, 11) is 1.31. The molecule has 4 atom stereocenters. The highest BCUT2D eigenvalue weighted by Gasteiger charge is 2.41. The minimum absolute atomic E-state index is 0.0352. The first-order chi connectivity index (χ1) is 30.1. The standard InChI is InChI=1S/C47H52N8O7/c1-26(2)39(52-46(58)59)44(56)54-18-4-6-37(54)42-48-25-36(50-42)33-11-10-29-22-28(8-9-30(29)24-33)31-12-14-34-32(23-31)13-15-35-41(34)51-43(49-35)38-7-5-19-55(38)45(57)40(53-47(60)61-3)27-16-20-62-21-17-27/h8-15,22-27,37-40,52H,4-7,16-21H2,1-3H3,(H,48,50)(H,49,51)(H,53,60)(H,58,59)/t37-,38-,39-,40-/m0/s1. The van der Waals surface area contributed by atoms with E-state index in [9.17, 15) is 24.3 Å². The number of H-pyrrole nitrogens is 2. The first-order valence-electron chi connectivity index (χ1n) is 21.6. The Bertz CT molecular complexity index is 2670. The number of carbonyl (C=O) groups is 4. The van der Waals surface area contributed by atoms with Gasteiger partial charge >= 0.3 is 12.2 Å². The molecule has 3 aliphatic rings. The van der Waals surface area contributed by atoms with Gasteiger partial charge in [0.25, 0.3) is 0 Å². The molecule has 15 heteroatoms. The Balaban J connectivity index is 0.925. The largest absolute Gasteiger partial charge is 0.465 e. The predicted molar refractivity (Wildman–Crippen MR) is 234 cm³/mol. The van der Waals surface area contributed by atoms with Crippen LogP contribution in [0.3, 0.4) is 0 Å². The fraction of sp³-hybridized carbons (Fsp3) is 0.404. The molecule has 4 aromatic carbocycles. The molecular formula is C47H52N8O7. The van der Waals surface area contributed by atoms with Crippen LogP contribution in [0.2, 0.25) is 0 Å². The topological polar surface area (TPSA) is 195 Å². The number of benzene rings is 4. The van der Waals surface area contributed by atoms with Gasteiger partial charge in [-0.1, -0.05) is 56.3 Å². The van der Waals surface area contributed by atoms with Gasteiger partial charge in [0.1, 0.15) is 23.7 Å². The maximum absolute atomic E-state index is 14.1. The number of hydrogen-bond acceptors (Lipinski definition) is 8. The van der Waals surface area contributed by atoms with Gasteiger partial charge in [-0.25, -0.2) is 19.6 Å². The highest BCUT2D eigenvalue weighted by atomic mass is 16.5. The van der Waals surface area contributed by atoms with Crippen LogP contribution >= 0.6 is 0 Å². The smallest absolute Gasteiger partial charge is 0.407 e. The second kappa shape index (κ2) is 17.1. The van der Waals surface area contributed by atoms with E-state index in [-0.39, 0.29) is 35.7 Å². The number of methoxy groups -OCH3 is 1. The van der Waals surface area contributed by atoms with E-state index >= 15 is 0 Å². The van der Waals surface area contributed by atoms with E-state index in [4.69, 9.17) is 14.5 Å². The average molecular weight is 841 g/mol. The molecule has 3 saturated heterocycles. The number of carboxylic acid groups (broad SMARTS) is 1. The van der Waals surface area contributed by atoms with Crippen molar-refractivity contribution < 1.29 is 33.8 Å². The number of carbonyl (C=O) groups excluding carboxylic acids is 3. The number of aromatic amines is 2. The summed E-state index contributed by atoms with van der Waals surface area (Å²) in [5, 5.41) is 18.8. The summed E-state index contributed by atoms with van der Waals surface area (Å²) in [6.45, 7) is 5.92. The predicted octanol–water partition coefficient (Wildman–Crippen LogP) is 7.70. The van der Waals surface area contributed by atoms with Crippen molar-refractivity contribution in [3.05, 3.63) is 84.6 Å². The Labute approximate surface area is 358 Å². The number of nitrogens with zero attached hydrogens (tertiary/aromatic N) is 4. The molecule has 5 heterocycles. The van der Waals surface area contributed by atoms with Crippen LogP contribution in [0, 0.1) is 11.8 Å². The monoisotopic (exact) mass is 840 g/mol. The van der Waals surface area contributed by atoms with E-state index in [1.807, 2.05) is 24.8 Å². The van der Waals surface area contributed by atoms with Crippen LogP contribution in [-0.4, -0.2) is 104 Å². The number of imidazole rings is 2. The summed E-state index contributed by atoms with van der Waals surface area (Å²) in [6.07, 6.45) is 4.53. The second-order valence-electron chi connectivity index (χ2n) is 17.1. The molecule has 9 rings (SSSR count). The molecule has 15 nitrogen and oxygen atoms in total. The third-order valence-corrected chi connectivity index (χ3v) is 12.9. The minimum Gasteiger partial charge on any atom is -0.465 e. The van der Waals surface area contributed by atoms with Gasteiger partial charge in [-0.15, -0.1) is 0 Å². The first-order valence-corrected chi connectivity index (χ1v) is 21.6. The second-order valence-corrected chi connectivity index (χ2v) is 17.1. The van der Waals surface area contributed by atoms with Crippen molar-refractivity contribution in [3.8, 4) is 22.4 Å². The maximum Gasteiger partial charge on any atom is 0.407 e. The van der Waals surface area contributed by atoms with Crippen LogP contribution in [0.1, 0.15) is 76.1 Å². The maximum atomic E-state index is 14.1. The van der Waals surface area contributed by atoms with Crippen LogP contribution in [0.5, 0.6) is 0 Å². The van der Waals surface area contributed by atoms with Gasteiger partial charge in [0, 0.05) is 37.3 Å². The van der Waals surface area contributed by atoms with Crippen molar-refractivity contribution in [1.82, 2.24) is 40.4 Å². The first kappa shape index (κ1) is 40.9. The Morgan fingerprint density at radius 3 is 2.10 bits per heavy atom. The summed E-state index contributed by atoms with van der Waals surface area (Å²) in [4.78, 5) is 71.7. The molecule has 2 aromatic heterocycles. The lowest BCUT2D eigenvalue weighted by Crippen LogP contribution is -2.53. The normalized spacial score (nSPS) is 19.4. The summed E-state index contributed by atoms with van der Waals surface area (Å²) in [5.41, 5.74) is 5.74. The van der Waals surface area contributed by atoms with Gasteiger partial charge in [-0.2, -0.15) is 0 Å². The molecule has 0 unspecified atom stereocenters. The molecule has 322 valence electrons. The Morgan fingerprint density at radius 2 is 1.40 bits per heavy atom. The lowest BCUT2D eigenvalue weighted by molar-refractivity contribution is -0.137. The molecule has 3 aliphatic heterocycles. The number of ether oxygens (including phenoxy) is 2. The summed E-state index contributed by atoms with van der Waals surface area (Å²) >= 11 is 0. The van der Waals surface area contributed by atoms with Crippen LogP contribution in [-0.2, 0) is 19.1 Å². The SMILES string of the molecule is COC(=O)N[C@H](C(=O)N1CCC[C@H]1c1nc2c(ccc3cc(-c4ccc5cc(-c6cnc([C@@H]7CCCN7C(=O)[C@@H](NC(=O)O)C(C)C)[nH]6)ccc5c4)ccc32)[nH]1)C1CCOCC1. The average Bonchev–Trinajstić information content (AvgIpc) is 4.13. The van der Waals surface area contributed by atoms with E-state index in [1.165, 1.54) is 7.11 Å². The van der Waals surface area contributed by atoms with E-state index in [2.05, 4.69) is 86.2 Å². The van der Waals surface area contributed by atoms with Crippen molar-refractivity contribution in [1.29, 1.82) is 0 Å². The fourth-order valence-corrected chi connectivity index (χ4v) is 9.65. The Hall–Kier alpha value is -6.48. The third-order valence-electron chi connectivity index (χ3n) is 12.9. The molecule has 0 spiro atoms. The van der Waals surface area contributed by atoms with Gasteiger partial charge in [0.05, 0.1) is 42.1 Å². The molecule has 62 heavy (non-hydrogen) atoms. The Kier molecular flexibility index (Phi) is 11.3. The summed E-state index contributed by atoms with van der Waals surface area (Å²) in [6, 6.07) is 21.3. The fourth-order valence-electron chi connectivity index (χ4n) is 9.65. The van der Waals surface area contributed by atoms with Crippen molar-refractivity contribution in [2.24, 2.45) is 11.8 Å². The molecule has 0 bridgehead atoms. The number of likely N-dealkylation sites (tertiary alicyclic amines) is 2. The van der Waals surface area contributed by atoms with Crippen molar-refractivity contribution >= 4 is 56.6 Å². The highest BCUT2D eigenvalue weighted by Crippen LogP contribution is 2.37. The molecule has 5 N–H and O–H groups in total. The van der Waals surface area contributed by atoms with Crippen molar-refractivity contribution in [2.75, 3.05) is 33.4 Å².